The maximum absolute atomic E-state index is 12.1. The Kier molecular flexibility index (Phi) is 4.13. The van der Waals surface area contributed by atoms with Gasteiger partial charge in [0.05, 0.1) is 10.6 Å². The van der Waals surface area contributed by atoms with Crippen LogP contribution in [0.4, 0.5) is 0 Å². The number of rotatable bonds is 2. The number of esters is 1. The number of hydrogen-bond acceptors (Lipinski definition) is 2. The maximum atomic E-state index is 12.1. The van der Waals surface area contributed by atoms with Crippen molar-refractivity contribution < 1.29 is 9.53 Å². The molecule has 0 aromatic heterocycles. The van der Waals surface area contributed by atoms with E-state index in [1.165, 1.54) is 0 Å². The van der Waals surface area contributed by atoms with Crippen molar-refractivity contribution in [2.75, 3.05) is 0 Å². The third-order valence-corrected chi connectivity index (χ3v) is 4.39. The summed E-state index contributed by atoms with van der Waals surface area (Å²) < 4.78 is 6.44. The van der Waals surface area contributed by atoms with Gasteiger partial charge in [0.1, 0.15) is 6.10 Å². The van der Waals surface area contributed by atoms with Crippen molar-refractivity contribution in [1.29, 1.82) is 0 Å². The molecule has 0 N–H and O–H groups in total. The van der Waals surface area contributed by atoms with Gasteiger partial charge in [-0.05, 0) is 23.3 Å². The maximum Gasteiger partial charge on any atom is 0.336 e. The van der Waals surface area contributed by atoms with E-state index in [1.807, 2.05) is 54.6 Å². The van der Waals surface area contributed by atoms with E-state index in [1.54, 1.807) is 0 Å². The molecular formula is C17H12BrClO2. The van der Waals surface area contributed by atoms with E-state index in [9.17, 15) is 4.79 Å². The van der Waals surface area contributed by atoms with Crippen LogP contribution in [0.2, 0.25) is 0 Å². The molecule has 1 unspecified atom stereocenters. The minimum absolute atomic E-state index is 0.266. The normalized spacial score (nSPS) is 20.3. The molecule has 106 valence electrons. The smallest absolute Gasteiger partial charge is 0.336 e. The first-order valence-corrected chi connectivity index (χ1v) is 7.73. The SMILES string of the molecule is O=C1OC(c2ccc(Br)cc2)C/C1=C(/Cl)c1ccccc1. The number of cyclic esters (lactones) is 1. The lowest BCUT2D eigenvalue weighted by Crippen LogP contribution is -1.99. The molecule has 0 amide bonds. The molecule has 0 spiro atoms. The average molecular weight is 364 g/mol. The third kappa shape index (κ3) is 3.04. The summed E-state index contributed by atoms with van der Waals surface area (Å²) in [4.78, 5) is 12.1. The predicted molar refractivity (Wildman–Crippen MR) is 86.8 cm³/mol. The molecule has 0 saturated carbocycles. The Labute approximate surface area is 136 Å². The quantitative estimate of drug-likeness (QED) is 0.549. The molecule has 3 rings (SSSR count). The standard InChI is InChI=1S/C17H12BrClO2/c18-13-8-6-11(7-9-13)15-10-14(17(20)21-15)16(19)12-4-2-1-3-5-12/h1-9,15H,10H2/b16-14-. The number of carbonyl (C=O) groups excluding carboxylic acids is 1. The van der Waals surface area contributed by atoms with Crippen LogP contribution in [0.25, 0.3) is 5.03 Å². The van der Waals surface area contributed by atoms with Gasteiger partial charge in [0.2, 0.25) is 0 Å². The van der Waals surface area contributed by atoms with Crippen LogP contribution in [0, 0.1) is 0 Å². The van der Waals surface area contributed by atoms with Crippen molar-refractivity contribution in [2.45, 2.75) is 12.5 Å². The van der Waals surface area contributed by atoms with E-state index in [0.29, 0.717) is 17.0 Å². The van der Waals surface area contributed by atoms with Crippen LogP contribution >= 0.6 is 27.5 Å². The summed E-state index contributed by atoms with van der Waals surface area (Å²) in [5.74, 6) is -0.336. The molecule has 1 aliphatic rings. The Morgan fingerprint density at radius 2 is 1.76 bits per heavy atom. The lowest BCUT2D eigenvalue weighted by Gasteiger charge is -2.08. The van der Waals surface area contributed by atoms with Gasteiger partial charge < -0.3 is 4.74 Å². The summed E-state index contributed by atoms with van der Waals surface area (Å²) in [6.45, 7) is 0. The van der Waals surface area contributed by atoms with E-state index < -0.39 is 0 Å². The molecule has 4 heteroatoms. The summed E-state index contributed by atoms with van der Waals surface area (Å²) >= 11 is 9.75. The highest BCUT2D eigenvalue weighted by molar-refractivity contribution is 9.10. The zero-order valence-corrected chi connectivity index (χ0v) is 13.4. The van der Waals surface area contributed by atoms with Gasteiger partial charge in [0, 0.05) is 10.9 Å². The monoisotopic (exact) mass is 362 g/mol. The number of ether oxygens (including phenoxy) is 1. The first kappa shape index (κ1) is 14.4. The molecule has 1 heterocycles. The zero-order valence-electron chi connectivity index (χ0n) is 11.1. The van der Waals surface area contributed by atoms with E-state index in [0.717, 1.165) is 15.6 Å². The van der Waals surface area contributed by atoms with Crippen molar-refractivity contribution in [2.24, 2.45) is 0 Å². The van der Waals surface area contributed by atoms with E-state index >= 15 is 0 Å². The minimum Gasteiger partial charge on any atom is -0.454 e. The van der Waals surface area contributed by atoms with Crippen molar-refractivity contribution in [3.63, 3.8) is 0 Å². The third-order valence-electron chi connectivity index (χ3n) is 3.42. The average Bonchev–Trinajstić information content (AvgIpc) is 2.90. The first-order chi connectivity index (χ1) is 10.1. The second-order valence-electron chi connectivity index (χ2n) is 4.81. The molecule has 0 aliphatic carbocycles. The van der Waals surface area contributed by atoms with Crippen LogP contribution in [0.15, 0.2) is 64.6 Å². The fourth-order valence-electron chi connectivity index (χ4n) is 2.31. The van der Waals surface area contributed by atoms with Crippen LogP contribution in [0.3, 0.4) is 0 Å². The molecule has 1 saturated heterocycles. The van der Waals surface area contributed by atoms with Gasteiger partial charge in [-0.2, -0.15) is 0 Å². The molecule has 0 radical (unpaired) electrons. The summed E-state index contributed by atoms with van der Waals surface area (Å²) in [6, 6.07) is 17.2. The molecule has 1 fully saturated rings. The molecule has 2 aromatic rings. The summed E-state index contributed by atoms with van der Waals surface area (Å²) in [5, 5.41) is 0.472. The van der Waals surface area contributed by atoms with Crippen molar-refractivity contribution >= 4 is 38.5 Å². The topological polar surface area (TPSA) is 26.3 Å². The Morgan fingerprint density at radius 1 is 1.10 bits per heavy atom. The fourth-order valence-corrected chi connectivity index (χ4v) is 2.86. The van der Waals surface area contributed by atoms with Crippen LogP contribution < -0.4 is 0 Å². The van der Waals surface area contributed by atoms with E-state index in [4.69, 9.17) is 16.3 Å². The van der Waals surface area contributed by atoms with Crippen LogP contribution in [0.1, 0.15) is 23.7 Å². The van der Waals surface area contributed by atoms with Gasteiger partial charge in [0.25, 0.3) is 0 Å². The van der Waals surface area contributed by atoms with Crippen LogP contribution in [-0.2, 0) is 9.53 Å². The lowest BCUT2D eigenvalue weighted by molar-refractivity contribution is -0.139. The Morgan fingerprint density at radius 3 is 2.43 bits per heavy atom. The Hall–Kier alpha value is -1.58. The molecule has 1 atom stereocenters. The largest absolute Gasteiger partial charge is 0.454 e. The van der Waals surface area contributed by atoms with Crippen molar-refractivity contribution in [3.8, 4) is 0 Å². The minimum atomic E-state index is -0.336. The molecule has 2 aromatic carbocycles. The molecule has 0 bridgehead atoms. The molecule has 2 nitrogen and oxygen atoms in total. The summed E-state index contributed by atoms with van der Waals surface area (Å²) in [6.07, 6.45) is 0.229. The van der Waals surface area contributed by atoms with Crippen LogP contribution in [0.5, 0.6) is 0 Å². The second-order valence-corrected chi connectivity index (χ2v) is 6.10. The number of benzene rings is 2. The fraction of sp³-hybridized carbons (Fsp3) is 0.118. The van der Waals surface area contributed by atoms with Gasteiger partial charge in [-0.15, -0.1) is 0 Å². The first-order valence-electron chi connectivity index (χ1n) is 6.55. The van der Waals surface area contributed by atoms with Gasteiger partial charge in [0.15, 0.2) is 0 Å². The zero-order chi connectivity index (χ0) is 14.8. The molecule has 1 aliphatic heterocycles. The van der Waals surface area contributed by atoms with Gasteiger partial charge in [-0.25, -0.2) is 4.79 Å². The highest BCUT2D eigenvalue weighted by atomic mass is 79.9. The van der Waals surface area contributed by atoms with Gasteiger partial charge in [-0.3, -0.25) is 0 Å². The van der Waals surface area contributed by atoms with E-state index in [-0.39, 0.29) is 12.1 Å². The Bertz CT molecular complexity index is 692. The summed E-state index contributed by atoms with van der Waals surface area (Å²) in [7, 11) is 0. The number of hydrogen-bond donors (Lipinski definition) is 0. The van der Waals surface area contributed by atoms with Gasteiger partial charge in [-0.1, -0.05) is 70.0 Å². The molecular weight excluding hydrogens is 352 g/mol. The predicted octanol–water partition coefficient (Wildman–Crippen LogP) is 5.09. The second kappa shape index (κ2) is 6.04. The highest BCUT2D eigenvalue weighted by Crippen LogP contribution is 2.38. The Balaban J connectivity index is 1.90. The molecule has 21 heavy (non-hydrogen) atoms. The number of halogens is 2. The van der Waals surface area contributed by atoms with Crippen molar-refractivity contribution in [1.82, 2.24) is 0 Å². The lowest BCUT2D eigenvalue weighted by atomic mass is 10.0. The van der Waals surface area contributed by atoms with Gasteiger partial charge >= 0.3 is 5.97 Å². The highest BCUT2D eigenvalue weighted by Gasteiger charge is 2.32. The van der Waals surface area contributed by atoms with Crippen molar-refractivity contribution in [3.05, 3.63) is 75.8 Å². The van der Waals surface area contributed by atoms with Crippen LogP contribution in [-0.4, -0.2) is 5.97 Å². The summed E-state index contributed by atoms with van der Waals surface area (Å²) in [5.41, 5.74) is 2.34. The van der Waals surface area contributed by atoms with E-state index in [2.05, 4.69) is 15.9 Å². The number of carbonyl (C=O) groups is 1.